The number of aryl methyl sites for hydroxylation is 1. The van der Waals surface area contributed by atoms with Crippen LogP contribution < -0.4 is 14.8 Å². The Kier molecular flexibility index (Phi) is 7.93. The predicted molar refractivity (Wildman–Crippen MR) is 169 cm³/mol. The van der Waals surface area contributed by atoms with Crippen molar-refractivity contribution in [2.45, 2.75) is 46.8 Å². The Morgan fingerprint density at radius 1 is 1.07 bits per heavy atom. The van der Waals surface area contributed by atoms with Crippen LogP contribution in [0.5, 0.6) is 11.5 Å². The molecule has 9 nitrogen and oxygen atoms in total. The number of amides is 1. The van der Waals surface area contributed by atoms with Crippen LogP contribution in [0.4, 0.5) is 0 Å². The number of methoxy groups -OCH3 is 1. The topological polar surface area (TPSA) is 104 Å². The van der Waals surface area contributed by atoms with E-state index in [-0.39, 0.29) is 11.9 Å². The van der Waals surface area contributed by atoms with Gasteiger partial charge in [-0.25, -0.2) is 19.5 Å². The third kappa shape index (κ3) is 5.74. The summed E-state index contributed by atoms with van der Waals surface area (Å²) >= 11 is 4.61. The average Bonchev–Trinajstić information content (AvgIpc) is 3.77. The molecule has 2 aromatic carbocycles. The second-order valence-corrected chi connectivity index (χ2v) is 13.2. The van der Waals surface area contributed by atoms with Gasteiger partial charge in [0.2, 0.25) is 4.96 Å². The maximum atomic E-state index is 12.7. The van der Waals surface area contributed by atoms with Crippen LogP contribution in [0.2, 0.25) is 0 Å². The first-order chi connectivity index (χ1) is 20.3. The summed E-state index contributed by atoms with van der Waals surface area (Å²) < 4.78 is 14.5. The van der Waals surface area contributed by atoms with Crippen molar-refractivity contribution in [2.24, 2.45) is 5.92 Å². The zero-order valence-corrected chi connectivity index (χ0v) is 26.3. The number of aromatic nitrogens is 5. The van der Waals surface area contributed by atoms with Crippen LogP contribution in [0.25, 0.3) is 36.5 Å². The molecule has 0 radical (unpaired) electrons. The Balaban J connectivity index is 1.17. The summed E-state index contributed by atoms with van der Waals surface area (Å²) in [7, 11) is 1.63. The van der Waals surface area contributed by atoms with Gasteiger partial charge in [-0.05, 0) is 31.4 Å². The van der Waals surface area contributed by atoms with Gasteiger partial charge < -0.3 is 14.8 Å². The fourth-order valence-electron chi connectivity index (χ4n) is 4.63. The number of hydrogen-bond donors (Lipinski definition) is 1. The highest BCUT2D eigenvalue weighted by Gasteiger charge is 2.18. The molecule has 1 amide bonds. The molecule has 0 unspecified atom stereocenters. The second kappa shape index (κ2) is 11.8. The van der Waals surface area contributed by atoms with Gasteiger partial charge in [0.1, 0.15) is 38.8 Å². The molecule has 216 valence electrons. The molecule has 6 aromatic rings. The van der Waals surface area contributed by atoms with Crippen LogP contribution in [0.1, 0.15) is 48.3 Å². The first-order valence-corrected chi connectivity index (χ1v) is 16.1. The number of benzene rings is 2. The van der Waals surface area contributed by atoms with Crippen LogP contribution >= 0.6 is 34.0 Å². The number of hydrogen-bond acceptors (Lipinski definition) is 10. The highest BCUT2D eigenvalue weighted by atomic mass is 32.1. The van der Waals surface area contributed by atoms with E-state index in [1.165, 1.54) is 11.3 Å². The van der Waals surface area contributed by atoms with E-state index >= 15 is 0 Å². The summed E-state index contributed by atoms with van der Waals surface area (Å²) in [5.74, 6) is 1.68. The molecule has 0 bridgehead atoms. The molecule has 6 rings (SSSR count). The van der Waals surface area contributed by atoms with E-state index in [0.717, 1.165) is 53.6 Å². The highest BCUT2D eigenvalue weighted by Crippen LogP contribution is 2.39. The Labute approximate surface area is 255 Å². The van der Waals surface area contributed by atoms with Crippen LogP contribution in [-0.2, 0) is 6.61 Å². The molecule has 0 aliphatic heterocycles. The molecule has 1 N–H and O–H groups in total. The SMILES string of the molecule is CC[C@@H](NC(=O)c1ccc(-c2nc(COc3cc(OC)cc4nc(-c5cn6nc(C)sc6n5)sc34)cs2)cc1)C(C)C. The van der Waals surface area contributed by atoms with E-state index in [9.17, 15) is 4.79 Å². The van der Waals surface area contributed by atoms with Crippen LogP contribution in [0.15, 0.2) is 48.0 Å². The van der Waals surface area contributed by atoms with E-state index in [1.54, 1.807) is 34.3 Å². The molecule has 0 fully saturated rings. The standard InChI is InChI=1S/C30H30N6O3S3/c1-6-22(16(2)3)32-27(37)18-7-9-19(10-8-18)28-31-20(15-40-28)14-39-25-12-21(38-5)11-23-26(25)42-29(33-23)24-13-36-30(34-24)41-17(4)35-36/h7-13,15-16,22H,6,14H2,1-5H3,(H,32,37)/t22-/m1/s1. The molecular formula is C30H30N6O3S3. The lowest BCUT2D eigenvalue weighted by atomic mass is 10.0. The van der Waals surface area contributed by atoms with Crippen molar-refractivity contribution < 1.29 is 14.3 Å². The van der Waals surface area contributed by atoms with Crippen molar-refractivity contribution in [3.63, 3.8) is 0 Å². The Morgan fingerprint density at radius 2 is 1.88 bits per heavy atom. The van der Waals surface area contributed by atoms with Crippen molar-refractivity contribution >= 4 is 55.1 Å². The van der Waals surface area contributed by atoms with Crippen LogP contribution in [0, 0.1) is 12.8 Å². The number of carbonyl (C=O) groups is 1. The molecule has 0 saturated carbocycles. The number of ether oxygens (including phenoxy) is 2. The monoisotopic (exact) mass is 618 g/mol. The van der Waals surface area contributed by atoms with Crippen LogP contribution in [-0.4, -0.2) is 43.6 Å². The normalized spacial score (nSPS) is 12.3. The van der Waals surface area contributed by atoms with Gasteiger partial charge in [0.05, 0.1) is 29.2 Å². The zero-order valence-electron chi connectivity index (χ0n) is 23.9. The Morgan fingerprint density at radius 3 is 2.60 bits per heavy atom. The van der Waals surface area contributed by atoms with E-state index in [2.05, 4.69) is 31.2 Å². The Hall–Kier alpha value is -3.87. The van der Waals surface area contributed by atoms with Gasteiger partial charge in [0, 0.05) is 34.7 Å². The summed E-state index contributed by atoms with van der Waals surface area (Å²) in [5.41, 5.74) is 3.98. The number of imidazole rings is 1. The van der Waals surface area contributed by atoms with E-state index < -0.39 is 0 Å². The molecule has 0 saturated heterocycles. The largest absolute Gasteiger partial charge is 0.497 e. The smallest absolute Gasteiger partial charge is 0.251 e. The van der Waals surface area contributed by atoms with Crippen molar-refractivity contribution in [2.75, 3.05) is 7.11 Å². The van der Waals surface area contributed by atoms with Crippen molar-refractivity contribution in [1.82, 2.24) is 29.9 Å². The minimum absolute atomic E-state index is 0.0503. The third-order valence-electron chi connectivity index (χ3n) is 6.91. The van der Waals surface area contributed by atoms with E-state index in [4.69, 9.17) is 24.4 Å². The minimum Gasteiger partial charge on any atom is -0.497 e. The molecule has 0 aliphatic carbocycles. The van der Waals surface area contributed by atoms with Gasteiger partial charge in [-0.3, -0.25) is 4.79 Å². The first kappa shape index (κ1) is 28.3. The molecule has 1 atom stereocenters. The lowest BCUT2D eigenvalue weighted by molar-refractivity contribution is 0.0924. The summed E-state index contributed by atoms with van der Waals surface area (Å²) in [6.45, 7) is 8.59. The summed E-state index contributed by atoms with van der Waals surface area (Å²) in [4.78, 5) is 27.8. The van der Waals surface area contributed by atoms with Gasteiger partial charge in [-0.1, -0.05) is 44.2 Å². The first-order valence-electron chi connectivity index (χ1n) is 13.6. The van der Waals surface area contributed by atoms with Gasteiger partial charge in [-0.15, -0.1) is 22.7 Å². The average molecular weight is 619 g/mol. The van der Waals surface area contributed by atoms with Crippen LogP contribution in [0.3, 0.4) is 0 Å². The molecular weight excluding hydrogens is 589 g/mol. The van der Waals surface area contributed by atoms with Gasteiger partial charge in [-0.2, -0.15) is 5.10 Å². The lowest BCUT2D eigenvalue weighted by Crippen LogP contribution is -2.37. The minimum atomic E-state index is -0.0503. The van der Waals surface area contributed by atoms with Gasteiger partial charge in [0.15, 0.2) is 0 Å². The molecule has 12 heteroatoms. The molecule has 0 aliphatic rings. The predicted octanol–water partition coefficient (Wildman–Crippen LogP) is 7.25. The third-order valence-corrected chi connectivity index (χ3v) is 9.80. The fraction of sp³-hybridized carbons (Fsp3) is 0.300. The zero-order chi connectivity index (χ0) is 29.4. The van der Waals surface area contributed by atoms with E-state index in [0.29, 0.717) is 29.6 Å². The van der Waals surface area contributed by atoms with Crippen molar-refractivity contribution in [1.29, 1.82) is 0 Å². The number of nitrogens with one attached hydrogen (secondary N) is 1. The number of nitrogens with zero attached hydrogens (tertiary/aromatic N) is 5. The van der Waals surface area contributed by atoms with Crippen molar-refractivity contribution in [3.8, 4) is 32.8 Å². The van der Waals surface area contributed by atoms with Crippen molar-refractivity contribution in [3.05, 3.63) is 64.2 Å². The maximum Gasteiger partial charge on any atom is 0.251 e. The quantitative estimate of drug-likeness (QED) is 0.172. The summed E-state index contributed by atoms with van der Waals surface area (Å²) in [6, 6.07) is 11.5. The summed E-state index contributed by atoms with van der Waals surface area (Å²) in [6.07, 6.45) is 2.80. The number of thiazole rings is 2. The number of rotatable bonds is 10. The molecule has 4 heterocycles. The molecule has 0 spiro atoms. The fourth-order valence-corrected chi connectivity index (χ4v) is 7.13. The second-order valence-electron chi connectivity index (χ2n) is 10.2. The van der Waals surface area contributed by atoms with Gasteiger partial charge in [0.25, 0.3) is 5.91 Å². The lowest BCUT2D eigenvalue weighted by Gasteiger charge is -2.20. The maximum absolute atomic E-state index is 12.7. The number of carbonyl (C=O) groups excluding carboxylic acids is 1. The van der Waals surface area contributed by atoms with Gasteiger partial charge >= 0.3 is 0 Å². The number of fused-ring (bicyclic) bond motifs is 2. The van der Waals surface area contributed by atoms with E-state index in [1.807, 2.05) is 54.9 Å². The Bertz CT molecular complexity index is 1840. The molecule has 42 heavy (non-hydrogen) atoms. The highest BCUT2D eigenvalue weighted by molar-refractivity contribution is 7.22. The molecule has 4 aromatic heterocycles. The summed E-state index contributed by atoms with van der Waals surface area (Å²) in [5, 5.41) is 12.2.